The summed E-state index contributed by atoms with van der Waals surface area (Å²) in [6.07, 6.45) is 3.96. The van der Waals surface area contributed by atoms with Crippen LogP contribution in [0, 0.1) is 5.82 Å². The number of nitrogens with one attached hydrogen (secondary N) is 3. The quantitative estimate of drug-likeness (QED) is 0.730. The second-order valence-corrected chi connectivity index (χ2v) is 5.85. The molecule has 3 N–H and O–H groups in total. The van der Waals surface area contributed by atoms with Crippen molar-refractivity contribution in [3.8, 4) is 0 Å². The van der Waals surface area contributed by atoms with Gasteiger partial charge in [0, 0.05) is 23.3 Å². The van der Waals surface area contributed by atoms with Crippen LogP contribution >= 0.6 is 0 Å². The van der Waals surface area contributed by atoms with Gasteiger partial charge in [-0.3, -0.25) is 0 Å². The second kappa shape index (κ2) is 6.78. The molecular formula is C17H23FN3+3. The summed E-state index contributed by atoms with van der Waals surface area (Å²) in [5.41, 5.74) is 2.22. The second-order valence-electron chi connectivity index (χ2n) is 5.85. The van der Waals surface area contributed by atoms with Crippen LogP contribution in [0.15, 0.2) is 48.8 Å². The number of halogens is 1. The Kier molecular flexibility index (Phi) is 4.58. The molecule has 2 heterocycles. The third kappa shape index (κ3) is 3.86. The molecule has 110 valence electrons. The molecule has 3 rings (SSSR count). The number of pyridine rings is 1. The first-order valence-corrected chi connectivity index (χ1v) is 7.67. The van der Waals surface area contributed by atoms with Crippen LogP contribution in [0.5, 0.6) is 0 Å². The average molecular weight is 288 g/mol. The number of aromatic nitrogens is 1. The lowest BCUT2D eigenvalue weighted by Crippen LogP contribution is -3.27. The molecule has 0 radical (unpaired) electrons. The van der Waals surface area contributed by atoms with Crippen LogP contribution in [-0.4, -0.2) is 26.2 Å². The molecule has 0 atom stereocenters. The van der Waals surface area contributed by atoms with Gasteiger partial charge >= 0.3 is 0 Å². The molecule has 1 aromatic carbocycles. The highest BCUT2D eigenvalue weighted by Crippen LogP contribution is 2.04. The van der Waals surface area contributed by atoms with Gasteiger partial charge in [-0.25, -0.2) is 9.37 Å². The van der Waals surface area contributed by atoms with E-state index in [1.54, 1.807) is 17.0 Å². The fourth-order valence-electron chi connectivity index (χ4n) is 3.05. The Labute approximate surface area is 125 Å². The number of quaternary nitrogens is 2. The lowest BCUT2D eigenvalue weighted by atomic mass is 10.1. The van der Waals surface area contributed by atoms with Gasteiger partial charge in [0.25, 0.3) is 0 Å². The lowest BCUT2D eigenvalue weighted by Gasteiger charge is -2.29. The molecule has 0 amide bonds. The van der Waals surface area contributed by atoms with E-state index in [4.69, 9.17) is 0 Å². The van der Waals surface area contributed by atoms with E-state index in [1.807, 2.05) is 24.5 Å². The van der Waals surface area contributed by atoms with E-state index in [0.717, 1.165) is 44.8 Å². The lowest BCUT2D eigenvalue weighted by molar-refractivity contribution is -1.02. The highest BCUT2D eigenvalue weighted by molar-refractivity contribution is 5.15. The van der Waals surface area contributed by atoms with Crippen molar-refractivity contribution < 1.29 is 19.2 Å². The molecular weight excluding hydrogens is 265 g/mol. The largest absolute Gasteiger partial charge is 0.322 e. The molecule has 1 aliphatic heterocycles. The third-order valence-corrected chi connectivity index (χ3v) is 4.30. The van der Waals surface area contributed by atoms with Gasteiger partial charge in [-0.1, -0.05) is 18.2 Å². The van der Waals surface area contributed by atoms with Crippen LogP contribution in [0.25, 0.3) is 0 Å². The van der Waals surface area contributed by atoms with E-state index in [0.29, 0.717) is 0 Å². The van der Waals surface area contributed by atoms with E-state index < -0.39 is 0 Å². The fraction of sp³-hybridized carbons (Fsp3) is 0.353. The van der Waals surface area contributed by atoms with Crippen molar-refractivity contribution in [2.45, 2.75) is 13.1 Å². The third-order valence-electron chi connectivity index (χ3n) is 4.30. The zero-order valence-corrected chi connectivity index (χ0v) is 12.2. The van der Waals surface area contributed by atoms with Crippen molar-refractivity contribution in [1.82, 2.24) is 0 Å². The number of rotatable bonds is 4. The summed E-state index contributed by atoms with van der Waals surface area (Å²) >= 11 is 0. The number of piperazine rings is 1. The Bertz CT molecular complexity index is 565. The van der Waals surface area contributed by atoms with Gasteiger partial charge < -0.3 is 9.80 Å². The van der Waals surface area contributed by atoms with Gasteiger partial charge in [0.05, 0.1) is 0 Å². The van der Waals surface area contributed by atoms with E-state index in [-0.39, 0.29) is 5.82 Å². The maximum absolute atomic E-state index is 13.7. The van der Waals surface area contributed by atoms with Gasteiger partial charge in [0.2, 0.25) is 0 Å². The molecule has 0 unspecified atom stereocenters. The first-order chi connectivity index (χ1) is 10.3. The molecule has 1 aliphatic rings. The van der Waals surface area contributed by atoms with Crippen LogP contribution in [0.4, 0.5) is 4.39 Å². The number of hydrogen-bond donors (Lipinski definition) is 2. The molecule has 1 fully saturated rings. The van der Waals surface area contributed by atoms with Gasteiger partial charge in [0.15, 0.2) is 12.4 Å². The molecule has 0 saturated carbocycles. The topological polar surface area (TPSA) is 23.0 Å². The van der Waals surface area contributed by atoms with Crippen molar-refractivity contribution in [3.05, 3.63) is 65.7 Å². The Morgan fingerprint density at radius 2 is 1.48 bits per heavy atom. The predicted octanol–water partition coefficient (Wildman–Crippen LogP) is -0.877. The minimum Gasteiger partial charge on any atom is -0.322 e. The maximum atomic E-state index is 13.7. The number of aromatic amines is 1. The van der Waals surface area contributed by atoms with Crippen LogP contribution in [0.3, 0.4) is 0 Å². The van der Waals surface area contributed by atoms with Gasteiger partial charge in [0.1, 0.15) is 45.1 Å². The van der Waals surface area contributed by atoms with Crippen molar-refractivity contribution in [1.29, 1.82) is 0 Å². The van der Waals surface area contributed by atoms with E-state index in [1.165, 1.54) is 10.5 Å². The van der Waals surface area contributed by atoms with Crippen molar-refractivity contribution in [2.24, 2.45) is 0 Å². The zero-order chi connectivity index (χ0) is 14.5. The Morgan fingerprint density at radius 3 is 2.14 bits per heavy atom. The zero-order valence-electron chi connectivity index (χ0n) is 12.2. The predicted molar refractivity (Wildman–Crippen MR) is 78.2 cm³/mol. The summed E-state index contributed by atoms with van der Waals surface area (Å²) < 4.78 is 13.7. The Hall–Kier alpha value is -1.78. The first-order valence-electron chi connectivity index (χ1n) is 7.67. The summed E-state index contributed by atoms with van der Waals surface area (Å²) in [7, 11) is 0. The highest BCUT2D eigenvalue weighted by Gasteiger charge is 2.23. The van der Waals surface area contributed by atoms with E-state index in [9.17, 15) is 4.39 Å². The van der Waals surface area contributed by atoms with Crippen molar-refractivity contribution in [3.63, 3.8) is 0 Å². The van der Waals surface area contributed by atoms with Crippen LogP contribution < -0.4 is 14.8 Å². The monoisotopic (exact) mass is 288 g/mol. The first kappa shape index (κ1) is 14.2. The minimum atomic E-state index is -0.0692. The molecule has 0 bridgehead atoms. The van der Waals surface area contributed by atoms with Gasteiger partial charge in [-0.15, -0.1) is 0 Å². The van der Waals surface area contributed by atoms with Gasteiger partial charge in [-0.2, -0.15) is 0 Å². The van der Waals surface area contributed by atoms with Crippen LogP contribution in [0.2, 0.25) is 0 Å². The SMILES string of the molecule is Fc1ccccc1C[NH+]1CC[NH+](Cc2cc[nH+]cc2)CC1. The summed E-state index contributed by atoms with van der Waals surface area (Å²) in [6.45, 7) is 6.43. The maximum Gasteiger partial charge on any atom is 0.167 e. The number of benzene rings is 1. The van der Waals surface area contributed by atoms with Crippen LogP contribution in [-0.2, 0) is 13.1 Å². The Balaban J connectivity index is 1.50. The molecule has 0 spiro atoms. The Morgan fingerprint density at radius 1 is 0.857 bits per heavy atom. The van der Waals surface area contributed by atoms with E-state index in [2.05, 4.69) is 17.1 Å². The minimum absolute atomic E-state index is 0.0692. The molecule has 1 saturated heterocycles. The fourth-order valence-corrected chi connectivity index (χ4v) is 3.05. The molecule has 1 aromatic heterocycles. The summed E-state index contributed by atoms with van der Waals surface area (Å²) in [6, 6.07) is 11.4. The smallest absolute Gasteiger partial charge is 0.167 e. The standard InChI is InChI=1S/C17H20FN3/c18-17-4-2-1-3-16(17)14-21-11-9-20(10-12-21)13-15-5-7-19-8-6-15/h1-8H,9-14H2/p+3. The van der Waals surface area contributed by atoms with Crippen LogP contribution in [0.1, 0.15) is 11.1 Å². The van der Waals surface area contributed by atoms with Crippen molar-refractivity contribution in [2.75, 3.05) is 26.2 Å². The number of H-pyrrole nitrogens is 1. The molecule has 3 nitrogen and oxygen atoms in total. The summed E-state index contributed by atoms with van der Waals surface area (Å²) in [4.78, 5) is 6.18. The normalized spacial score (nSPS) is 22.1. The summed E-state index contributed by atoms with van der Waals surface area (Å²) in [5, 5.41) is 0. The molecule has 4 heteroatoms. The summed E-state index contributed by atoms with van der Waals surface area (Å²) in [5.74, 6) is -0.0692. The van der Waals surface area contributed by atoms with Gasteiger partial charge in [-0.05, 0) is 6.07 Å². The molecule has 21 heavy (non-hydrogen) atoms. The van der Waals surface area contributed by atoms with Crippen molar-refractivity contribution >= 4 is 0 Å². The highest BCUT2D eigenvalue weighted by atomic mass is 19.1. The average Bonchev–Trinajstić information content (AvgIpc) is 2.52. The molecule has 0 aliphatic carbocycles. The van der Waals surface area contributed by atoms with E-state index >= 15 is 0 Å². The number of hydrogen-bond acceptors (Lipinski definition) is 0. The molecule has 2 aromatic rings.